The van der Waals surface area contributed by atoms with Crippen LogP contribution in [0.3, 0.4) is 0 Å². The summed E-state index contributed by atoms with van der Waals surface area (Å²) in [6.07, 6.45) is 4.69. The van der Waals surface area contributed by atoms with Crippen LogP contribution >= 0.6 is 22.2 Å². The van der Waals surface area contributed by atoms with Gasteiger partial charge >= 0.3 is 0 Å². The van der Waals surface area contributed by atoms with Gasteiger partial charge in [-0.25, -0.2) is 0 Å². The molecule has 1 saturated carbocycles. The van der Waals surface area contributed by atoms with Crippen molar-refractivity contribution in [2.24, 2.45) is 11.8 Å². The Balaban J connectivity index is 1.35. The molecule has 1 aromatic carbocycles. The van der Waals surface area contributed by atoms with Gasteiger partial charge < -0.3 is 10.2 Å². The molecular formula is C24H36ClN3O4S. The topological polar surface area (TPSA) is 93.1 Å². The number of rotatable bonds is 6. The Morgan fingerprint density at radius 2 is 1.88 bits per heavy atom. The normalized spacial score (nSPS) is 25.0. The molecule has 3 N–H and O–H groups in total. The first-order valence-corrected chi connectivity index (χ1v) is 14.2. The number of amides is 2. The monoisotopic (exact) mass is 497 g/mol. The number of nitrogens with zero attached hydrogens (tertiary/aromatic N) is 2. The zero-order valence-electron chi connectivity index (χ0n) is 19.6. The van der Waals surface area contributed by atoms with E-state index >= 15 is 0 Å². The fraction of sp³-hybridized carbons (Fsp3) is 0.667. The first-order chi connectivity index (χ1) is 15.6. The lowest BCUT2D eigenvalue weighted by Gasteiger charge is -2.46. The van der Waals surface area contributed by atoms with Crippen molar-refractivity contribution < 1.29 is 18.7 Å². The highest BCUT2D eigenvalue weighted by Crippen LogP contribution is 2.53. The highest BCUT2D eigenvalue weighted by molar-refractivity contribution is 8.25. The Morgan fingerprint density at radius 3 is 2.52 bits per heavy atom. The van der Waals surface area contributed by atoms with Gasteiger partial charge in [0, 0.05) is 72.7 Å². The second-order valence-electron chi connectivity index (χ2n) is 10.1. The van der Waals surface area contributed by atoms with Gasteiger partial charge in [-0.15, -0.1) is 0 Å². The van der Waals surface area contributed by atoms with E-state index in [0.717, 1.165) is 43.6 Å². The lowest BCUT2D eigenvalue weighted by molar-refractivity contribution is -0.140. The number of hydrogen-bond acceptors (Lipinski definition) is 5. The largest absolute Gasteiger partial charge is 0.337 e. The number of carbonyl (C=O) groups is 2. The first kappa shape index (κ1) is 24.8. The Hall–Kier alpha value is -1.32. The molecule has 0 spiro atoms. The Morgan fingerprint density at radius 1 is 1.18 bits per heavy atom. The molecule has 4 rings (SSSR count). The molecule has 9 heteroatoms. The standard InChI is InChI=1S/C24H36ClN3O4S/c1-16-12-27(7-8-28(16)24(30)19-5-3-4-6-19)13-20-10-21(25)11-22(17(20)2)26-23(29)9-18-14-33(31,32)15-18/h10-11,16,18-19,31-32H,3-9,12-15H2,1-2H3,(H,26,29)/t16-/m0/s1. The van der Waals surface area contributed by atoms with Crippen molar-refractivity contribution in [3.63, 3.8) is 0 Å². The van der Waals surface area contributed by atoms with Crippen LogP contribution in [-0.4, -0.2) is 67.9 Å². The minimum absolute atomic E-state index is 0.0266. The van der Waals surface area contributed by atoms with Crippen LogP contribution in [0.4, 0.5) is 5.69 Å². The van der Waals surface area contributed by atoms with Gasteiger partial charge in [0.05, 0.1) is 0 Å². The van der Waals surface area contributed by atoms with Crippen molar-refractivity contribution >= 4 is 39.7 Å². The van der Waals surface area contributed by atoms with Crippen molar-refractivity contribution in [2.75, 3.05) is 36.5 Å². The van der Waals surface area contributed by atoms with Gasteiger partial charge in [0.15, 0.2) is 0 Å². The van der Waals surface area contributed by atoms with Gasteiger partial charge in [-0.1, -0.05) is 24.4 Å². The molecule has 33 heavy (non-hydrogen) atoms. The molecule has 7 nitrogen and oxygen atoms in total. The third-order valence-electron chi connectivity index (χ3n) is 7.33. The van der Waals surface area contributed by atoms with E-state index in [1.807, 2.05) is 13.0 Å². The van der Waals surface area contributed by atoms with E-state index in [1.165, 1.54) is 12.8 Å². The number of piperazine rings is 1. The molecule has 1 aromatic rings. The Kier molecular flexibility index (Phi) is 7.60. The number of hydrogen-bond donors (Lipinski definition) is 3. The summed E-state index contributed by atoms with van der Waals surface area (Å²) in [5, 5.41) is 3.54. The molecule has 2 saturated heterocycles. The van der Waals surface area contributed by atoms with Gasteiger partial charge in [-0.2, -0.15) is 10.6 Å². The SMILES string of the molecule is Cc1c(CN2CCN(C(=O)C3CCCC3)[C@@H](C)C2)cc(Cl)cc1NC(=O)CC1CS(O)(O)C1. The maximum atomic E-state index is 12.9. The van der Waals surface area contributed by atoms with Crippen LogP contribution in [0, 0.1) is 18.8 Å². The second-order valence-corrected chi connectivity index (χ2v) is 12.8. The summed E-state index contributed by atoms with van der Waals surface area (Å²) in [6.45, 7) is 7.23. The number of carbonyl (C=O) groups excluding carboxylic acids is 2. The van der Waals surface area contributed by atoms with Gasteiger partial charge in [0.25, 0.3) is 0 Å². The number of benzene rings is 1. The third-order valence-corrected chi connectivity index (χ3v) is 9.56. The van der Waals surface area contributed by atoms with Gasteiger partial charge in [-0.3, -0.25) is 23.6 Å². The molecular weight excluding hydrogens is 462 g/mol. The smallest absolute Gasteiger partial charge is 0.226 e. The zero-order chi connectivity index (χ0) is 23.8. The van der Waals surface area contributed by atoms with Crippen molar-refractivity contribution in [3.05, 3.63) is 28.3 Å². The van der Waals surface area contributed by atoms with Crippen LogP contribution in [-0.2, 0) is 16.1 Å². The van der Waals surface area contributed by atoms with Crippen molar-refractivity contribution in [1.82, 2.24) is 9.80 Å². The maximum absolute atomic E-state index is 12.9. The molecule has 3 aliphatic rings. The first-order valence-electron chi connectivity index (χ1n) is 12.0. The summed E-state index contributed by atoms with van der Waals surface area (Å²) < 4.78 is 19.1. The molecule has 2 heterocycles. The highest BCUT2D eigenvalue weighted by Gasteiger charge is 2.35. The van der Waals surface area contributed by atoms with Gasteiger partial charge in [0.2, 0.25) is 11.8 Å². The van der Waals surface area contributed by atoms with E-state index in [9.17, 15) is 18.7 Å². The molecule has 1 aliphatic carbocycles. The Labute approximate surface area is 203 Å². The third kappa shape index (κ3) is 6.03. The van der Waals surface area contributed by atoms with Crippen LogP contribution in [0.5, 0.6) is 0 Å². The predicted octanol–water partition coefficient (Wildman–Crippen LogP) is 4.58. The molecule has 0 aromatic heterocycles. The predicted molar refractivity (Wildman–Crippen MR) is 134 cm³/mol. The van der Waals surface area contributed by atoms with E-state index in [0.29, 0.717) is 34.7 Å². The lowest BCUT2D eigenvalue weighted by Crippen LogP contribution is -2.54. The van der Waals surface area contributed by atoms with E-state index in [-0.39, 0.29) is 30.2 Å². The van der Waals surface area contributed by atoms with Crippen molar-refractivity contribution in [2.45, 2.75) is 58.5 Å². The molecule has 0 unspecified atom stereocenters. The van der Waals surface area contributed by atoms with Crippen LogP contribution in [0.25, 0.3) is 0 Å². The summed E-state index contributed by atoms with van der Waals surface area (Å²) in [4.78, 5) is 29.8. The summed E-state index contributed by atoms with van der Waals surface area (Å²) >= 11 is 6.39. The van der Waals surface area contributed by atoms with Crippen LogP contribution in [0.2, 0.25) is 5.02 Å². The molecule has 3 fully saturated rings. The summed E-state index contributed by atoms with van der Waals surface area (Å²) in [5.41, 5.74) is 2.76. The average molecular weight is 498 g/mol. The zero-order valence-corrected chi connectivity index (χ0v) is 21.1. The van der Waals surface area contributed by atoms with Gasteiger partial charge in [-0.05, 0) is 49.9 Å². The van der Waals surface area contributed by atoms with Crippen LogP contribution in [0.1, 0.15) is 50.2 Å². The molecule has 0 bridgehead atoms. The van der Waals surface area contributed by atoms with Crippen LogP contribution in [0.15, 0.2) is 12.1 Å². The van der Waals surface area contributed by atoms with Gasteiger partial charge in [0.1, 0.15) is 0 Å². The van der Waals surface area contributed by atoms with E-state index in [1.54, 1.807) is 6.07 Å². The number of anilines is 1. The summed E-state index contributed by atoms with van der Waals surface area (Å²) in [5.74, 6) is 1.07. The molecule has 2 aliphatic heterocycles. The van der Waals surface area contributed by atoms with E-state index < -0.39 is 10.6 Å². The van der Waals surface area contributed by atoms with Crippen molar-refractivity contribution in [3.8, 4) is 0 Å². The molecule has 2 amide bonds. The Bertz CT molecular complexity index is 898. The lowest BCUT2D eigenvalue weighted by atomic mass is 10.0. The fourth-order valence-electron chi connectivity index (χ4n) is 5.47. The minimum Gasteiger partial charge on any atom is -0.337 e. The summed E-state index contributed by atoms with van der Waals surface area (Å²) in [7, 11) is -2.44. The van der Waals surface area contributed by atoms with Crippen molar-refractivity contribution in [1.29, 1.82) is 0 Å². The highest BCUT2D eigenvalue weighted by atomic mass is 35.5. The summed E-state index contributed by atoms with van der Waals surface area (Å²) in [6, 6.07) is 3.90. The average Bonchev–Trinajstić information content (AvgIpc) is 3.24. The molecule has 184 valence electrons. The second kappa shape index (κ2) is 10.1. The quantitative estimate of drug-likeness (QED) is 0.535. The van der Waals surface area contributed by atoms with E-state index in [4.69, 9.17) is 11.6 Å². The van der Waals surface area contributed by atoms with E-state index in [2.05, 4.69) is 22.0 Å². The maximum Gasteiger partial charge on any atom is 0.226 e. The molecule has 1 atom stereocenters. The number of nitrogens with one attached hydrogen (secondary N) is 1. The fourth-order valence-corrected chi connectivity index (χ4v) is 7.36. The molecule has 0 radical (unpaired) electrons. The van der Waals surface area contributed by atoms with Crippen LogP contribution < -0.4 is 5.32 Å². The number of halogens is 1. The minimum atomic E-state index is -2.44.